The lowest BCUT2D eigenvalue weighted by Crippen LogP contribution is -2.44. The molecule has 0 spiro atoms. The van der Waals surface area contributed by atoms with Gasteiger partial charge in [-0.1, -0.05) is 26.7 Å². The van der Waals surface area contributed by atoms with Gasteiger partial charge in [0.1, 0.15) is 5.82 Å². The summed E-state index contributed by atoms with van der Waals surface area (Å²) in [7, 11) is 0. The van der Waals surface area contributed by atoms with Crippen molar-refractivity contribution in [1.82, 2.24) is 10.3 Å². The predicted molar refractivity (Wildman–Crippen MR) is 72.0 cm³/mol. The SMILES string of the molecule is C[C@H]1[C@H](C)CCC[C@@H]1NC(=O)Cc1ccc(F)cn1. The van der Waals surface area contributed by atoms with Gasteiger partial charge in [0.2, 0.25) is 5.91 Å². The molecule has 1 amide bonds. The van der Waals surface area contributed by atoms with Crippen LogP contribution >= 0.6 is 0 Å². The van der Waals surface area contributed by atoms with Crippen LogP contribution in [-0.2, 0) is 11.2 Å². The van der Waals surface area contributed by atoms with Gasteiger partial charge < -0.3 is 5.32 Å². The summed E-state index contributed by atoms with van der Waals surface area (Å²) in [5, 5.41) is 3.09. The Balaban J connectivity index is 1.88. The van der Waals surface area contributed by atoms with Crippen molar-refractivity contribution < 1.29 is 9.18 Å². The fraction of sp³-hybridized carbons (Fsp3) is 0.600. The normalized spacial score (nSPS) is 27.0. The van der Waals surface area contributed by atoms with Gasteiger partial charge in [0.25, 0.3) is 0 Å². The average molecular weight is 264 g/mol. The minimum Gasteiger partial charge on any atom is -0.353 e. The molecule has 0 saturated heterocycles. The minimum atomic E-state index is -0.376. The topological polar surface area (TPSA) is 42.0 Å². The van der Waals surface area contributed by atoms with Gasteiger partial charge >= 0.3 is 0 Å². The van der Waals surface area contributed by atoms with Gasteiger partial charge in [0, 0.05) is 11.7 Å². The lowest BCUT2D eigenvalue weighted by Gasteiger charge is -2.34. The summed E-state index contributed by atoms with van der Waals surface area (Å²) in [6, 6.07) is 3.15. The average Bonchev–Trinajstić information content (AvgIpc) is 2.38. The molecule has 0 bridgehead atoms. The van der Waals surface area contributed by atoms with E-state index in [1.54, 1.807) is 6.07 Å². The number of amides is 1. The molecule has 1 aromatic rings. The molecule has 0 aliphatic heterocycles. The molecule has 1 heterocycles. The summed E-state index contributed by atoms with van der Waals surface area (Å²) < 4.78 is 12.7. The molecule has 4 heteroatoms. The number of hydrogen-bond donors (Lipinski definition) is 1. The first-order valence-corrected chi connectivity index (χ1v) is 6.96. The first-order chi connectivity index (χ1) is 9.06. The third-order valence-corrected chi connectivity index (χ3v) is 4.18. The van der Waals surface area contributed by atoms with Gasteiger partial charge in [-0.2, -0.15) is 0 Å². The van der Waals surface area contributed by atoms with Crippen LogP contribution in [-0.4, -0.2) is 16.9 Å². The zero-order valence-electron chi connectivity index (χ0n) is 11.5. The molecule has 1 N–H and O–H groups in total. The summed E-state index contributed by atoms with van der Waals surface area (Å²) in [4.78, 5) is 15.9. The molecular weight excluding hydrogens is 243 g/mol. The van der Waals surface area contributed by atoms with E-state index < -0.39 is 0 Å². The molecule has 3 atom stereocenters. The first kappa shape index (κ1) is 14.0. The Bertz CT molecular complexity index is 432. The van der Waals surface area contributed by atoms with E-state index in [-0.39, 0.29) is 24.2 Å². The van der Waals surface area contributed by atoms with Gasteiger partial charge in [-0.15, -0.1) is 0 Å². The van der Waals surface area contributed by atoms with Crippen molar-refractivity contribution in [2.45, 2.75) is 45.6 Å². The smallest absolute Gasteiger partial charge is 0.226 e. The highest BCUT2D eigenvalue weighted by atomic mass is 19.1. The van der Waals surface area contributed by atoms with Crippen molar-refractivity contribution in [1.29, 1.82) is 0 Å². The second kappa shape index (κ2) is 6.13. The second-order valence-corrected chi connectivity index (χ2v) is 5.59. The Morgan fingerprint density at radius 1 is 1.42 bits per heavy atom. The molecule has 19 heavy (non-hydrogen) atoms. The van der Waals surface area contributed by atoms with E-state index in [4.69, 9.17) is 0 Å². The molecular formula is C15H21FN2O. The van der Waals surface area contributed by atoms with Crippen LogP contribution in [0.2, 0.25) is 0 Å². The fourth-order valence-electron chi connectivity index (χ4n) is 2.72. The van der Waals surface area contributed by atoms with Gasteiger partial charge in [0.05, 0.1) is 12.6 Å². The second-order valence-electron chi connectivity index (χ2n) is 5.59. The largest absolute Gasteiger partial charge is 0.353 e. The quantitative estimate of drug-likeness (QED) is 0.912. The maximum atomic E-state index is 12.7. The van der Waals surface area contributed by atoms with Crippen molar-refractivity contribution in [3.05, 3.63) is 29.8 Å². The highest BCUT2D eigenvalue weighted by molar-refractivity contribution is 5.78. The summed E-state index contributed by atoms with van der Waals surface area (Å²) in [6.07, 6.45) is 4.83. The summed E-state index contributed by atoms with van der Waals surface area (Å²) in [6.45, 7) is 4.44. The maximum absolute atomic E-state index is 12.7. The Morgan fingerprint density at radius 2 is 2.21 bits per heavy atom. The molecule has 0 aromatic carbocycles. The third-order valence-electron chi connectivity index (χ3n) is 4.18. The van der Waals surface area contributed by atoms with Crippen LogP contribution in [0.1, 0.15) is 38.8 Å². The first-order valence-electron chi connectivity index (χ1n) is 6.96. The highest BCUT2D eigenvalue weighted by Crippen LogP contribution is 2.29. The number of carbonyl (C=O) groups is 1. The van der Waals surface area contributed by atoms with Crippen LogP contribution in [0.4, 0.5) is 4.39 Å². The van der Waals surface area contributed by atoms with Crippen LogP contribution in [0.25, 0.3) is 0 Å². The van der Waals surface area contributed by atoms with E-state index in [1.165, 1.54) is 18.9 Å². The van der Waals surface area contributed by atoms with Crippen molar-refractivity contribution in [2.75, 3.05) is 0 Å². The monoisotopic (exact) mass is 264 g/mol. The van der Waals surface area contributed by atoms with Crippen LogP contribution in [0, 0.1) is 17.7 Å². The molecule has 1 aliphatic carbocycles. The zero-order chi connectivity index (χ0) is 13.8. The van der Waals surface area contributed by atoms with Crippen molar-refractivity contribution in [3.8, 4) is 0 Å². The van der Waals surface area contributed by atoms with Crippen molar-refractivity contribution in [3.63, 3.8) is 0 Å². The fourth-order valence-corrected chi connectivity index (χ4v) is 2.72. The van der Waals surface area contributed by atoms with Gasteiger partial charge in [-0.25, -0.2) is 4.39 Å². The molecule has 0 radical (unpaired) electrons. The zero-order valence-corrected chi connectivity index (χ0v) is 11.5. The van der Waals surface area contributed by atoms with Crippen molar-refractivity contribution >= 4 is 5.91 Å². The van der Waals surface area contributed by atoms with Crippen LogP contribution in [0.3, 0.4) is 0 Å². The molecule has 2 rings (SSSR count). The van der Waals surface area contributed by atoms with E-state index in [9.17, 15) is 9.18 Å². The van der Waals surface area contributed by atoms with E-state index in [0.717, 1.165) is 12.6 Å². The summed E-state index contributed by atoms with van der Waals surface area (Å²) in [5.41, 5.74) is 0.607. The van der Waals surface area contributed by atoms with E-state index in [0.29, 0.717) is 17.5 Å². The molecule has 1 aromatic heterocycles. The number of carbonyl (C=O) groups excluding carboxylic acids is 1. The number of nitrogens with zero attached hydrogens (tertiary/aromatic N) is 1. The van der Waals surface area contributed by atoms with E-state index in [1.807, 2.05) is 0 Å². The minimum absolute atomic E-state index is 0.0231. The third kappa shape index (κ3) is 3.75. The summed E-state index contributed by atoms with van der Waals surface area (Å²) in [5.74, 6) is 0.769. The van der Waals surface area contributed by atoms with Crippen LogP contribution in [0.5, 0.6) is 0 Å². The van der Waals surface area contributed by atoms with Gasteiger partial charge in [-0.3, -0.25) is 9.78 Å². The molecule has 104 valence electrons. The number of pyridine rings is 1. The van der Waals surface area contributed by atoms with Crippen molar-refractivity contribution in [2.24, 2.45) is 11.8 Å². The Morgan fingerprint density at radius 3 is 2.89 bits per heavy atom. The number of aromatic nitrogens is 1. The van der Waals surface area contributed by atoms with Crippen LogP contribution in [0.15, 0.2) is 18.3 Å². The molecule has 1 fully saturated rings. The standard InChI is InChI=1S/C15H21FN2O/c1-10-4-3-5-14(11(10)2)18-15(19)8-13-7-6-12(16)9-17-13/h6-7,9-11,14H,3-5,8H2,1-2H3,(H,18,19)/t10-,11+,14+/m1/s1. The molecule has 1 aliphatic rings. The molecule has 0 unspecified atom stereocenters. The lowest BCUT2D eigenvalue weighted by atomic mass is 9.78. The predicted octanol–water partition coefficient (Wildman–Crippen LogP) is 2.70. The number of rotatable bonds is 3. The van der Waals surface area contributed by atoms with Crippen LogP contribution < -0.4 is 5.32 Å². The van der Waals surface area contributed by atoms with E-state index in [2.05, 4.69) is 24.1 Å². The maximum Gasteiger partial charge on any atom is 0.226 e. The molecule has 1 saturated carbocycles. The van der Waals surface area contributed by atoms with Gasteiger partial charge in [0.15, 0.2) is 0 Å². The Kier molecular flexibility index (Phi) is 4.51. The number of hydrogen-bond acceptors (Lipinski definition) is 2. The Hall–Kier alpha value is -1.45. The number of nitrogens with one attached hydrogen (secondary N) is 1. The number of halogens is 1. The molecule has 3 nitrogen and oxygen atoms in total. The Labute approximate surface area is 113 Å². The van der Waals surface area contributed by atoms with Gasteiger partial charge in [-0.05, 0) is 30.4 Å². The van der Waals surface area contributed by atoms with E-state index >= 15 is 0 Å². The lowest BCUT2D eigenvalue weighted by molar-refractivity contribution is -0.121. The highest BCUT2D eigenvalue weighted by Gasteiger charge is 2.28. The summed E-state index contributed by atoms with van der Waals surface area (Å²) >= 11 is 0.